The molecule has 0 fully saturated rings. The Morgan fingerprint density at radius 3 is 2.28 bits per heavy atom. The zero-order chi connectivity index (χ0) is 22.3. The molecule has 4 aromatic rings. The van der Waals surface area contributed by atoms with Crippen LogP contribution in [-0.4, -0.2) is 24.0 Å². The van der Waals surface area contributed by atoms with Crippen LogP contribution in [0.5, 0.6) is 0 Å². The average Bonchev–Trinajstić information content (AvgIpc) is 3.26. The van der Waals surface area contributed by atoms with Gasteiger partial charge in [-0.25, -0.2) is 4.79 Å². The van der Waals surface area contributed by atoms with Crippen LogP contribution in [0.25, 0.3) is 22.0 Å². The Hall–Kier alpha value is -4.06. The van der Waals surface area contributed by atoms with Gasteiger partial charge in [-0.15, -0.1) is 0 Å². The molecule has 0 saturated heterocycles. The summed E-state index contributed by atoms with van der Waals surface area (Å²) < 4.78 is 0. The normalized spacial score (nSPS) is 11.7. The first-order chi connectivity index (χ1) is 15.6. The van der Waals surface area contributed by atoms with Gasteiger partial charge < -0.3 is 20.9 Å². The van der Waals surface area contributed by atoms with Crippen molar-refractivity contribution in [1.29, 1.82) is 0 Å². The lowest BCUT2D eigenvalue weighted by Gasteiger charge is -2.21. The quantitative estimate of drug-likeness (QED) is 0.328. The van der Waals surface area contributed by atoms with Crippen LogP contribution in [-0.2, 0) is 11.2 Å². The predicted octanol–water partition coefficient (Wildman–Crippen LogP) is 4.51. The summed E-state index contributed by atoms with van der Waals surface area (Å²) in [5.74, 6) is -0.135. The largest absolute Gasteiger partial charge is 0.361 e. The number of aromatic amines is 1. The average molecular weight is 427 g/mol. The van der Waals surface area contributed by atoms with E-state index in [0.717, 1.165) is 33.2 Å². The van der Waals surface area contributed by atoms with E-state index < -0.39 is 6.17 Å². The van der Waals surface area contributed by atoms with Gasteiger partial charge in [0.1, 0.15) is 6.17 Å². The molecular weight excluding hydrogens is 400 g/mol. The zero-order valence-corrected chi connectivity index (χ0v) is 17.9. The maximum atomic E-state index is 12.7. The van der Waals surface area contributed by atoms with E-state index in [0.29, 0.717) is 12.8 Å². The van der Waals surface area contributed by atoms with E-state index in [2.05, 4.69) is 20.9 Å². The molecule has 0 radical (unpaired) electrons. The Labute approximate surface area is 187 Å². The molecule has 6 nitrogen and oxygen atoms in total. The minimum Gasteiger partial charge on any atom is -0.361 e. The number of H-pyrrole nitrogens is 1. The second-order valence-electron chi connectivity index (χ2n) is 7.57. The first-order valence-electron chi connectivity index (χ1n) is 10.6. The van der Waals surface area contributed by atoms with E-state index >= 15 is 0 Å². The molecule has 1 atom stereocenters. The first-order valence-corrected chi connectivity index (χ1v) is 10.6. The number of urea groups is 1. The fraction of sp³-hybridized carbons (Fsp3) is 0.154. The summed E-state index contributed by atoms with van der Waals surface area (Å²) in [6, 6.07) is 25.5. The summed E-state index contributed by atoms with van der Waals surface area (Å²) in [5, 5.41) is 9.42. The molecular formula is C26H26N4O2. The van der Waals surface area contributed by atoms with Crippen molar-refractivity contribution in [2.24, 2.45) is 0 Å². The van der Waals surface area contributed by atoms with Crippen LogP contribution < -0.4 is 16.0 Å². The Bertz CT molecular complexity index is 1200. The van der Waals surface area contributed by atoms with E-state index in [1.54, 1.807) is 7.05 Å². The second-order valence-corrected chi connectivity index (χ2v) is 7.57. The third-order valence-electron chi connectivity index (χ3n) is 5.46. The molecule has 0 saturated carbocycles. The topological polar surface area (TPSA) is 86.0 Å². The van der Waals surface area contributed by atoms with E-state index in [1.165, 1.54) is 0 Å². The zero-order valence-electron chi connectivity index (χ0n) is 17.9. The van der Waals surface area contributed by atoms with Crippen LogP contribution in [0.4, 0.5) is 4.79 Å². The number of fused-ring (bicyclic) bond motifs is 1. The third-order valence-corrected chi connectivity index (χ3v) is 5.46. The lowest BCUT2D eigenvalue weighted by atomic mass is 10.0. The summed E-state index contributed by atoms with van der Waals surface area (Å²) in [6.07, 6.45) is 2.24. The van der Waals surface area contributed by atoms with Gasteiger partial charge >= 0.3 is 6.03 Å². The predicted molar refractivity (Wildman–Crippen MR) is 127 cm³/mol. The van der Waals surface area contributed by atoms with Crippen molar-refractivity contribution >= 4 is 22.8 Å². The molecule has 32 heavy (non-hydrogen) atoms. The molecule has 4 N–H and O–H groups in total. The maximum Gasteiger partial charge on any atom is 0.316 e. The van der Waals surface area contributed by atoms with Gasteiger partial charge in [0, 0.05) is 30.6 Å². The molecule has 0 aliphatic rings. The Kier molecular flexibility index (Phi) is 6.51. The number of aryl methyl sites for hydroxylation is 1. The second kappa shape index (κ2) is 9.83. The fourth-order valence-electron chi connectivity index (χ4n) is 3.72. The smallest absolute Gasteiger partial charge is 0.316 e. The van der Waals surface area contributed by atoms with Gasteiger partial charge in [0.25, 0.3) is 0 Å². The van der Waals surface area contributed by atoms with Crippen molar-refractivity contribution in [3.8, 4) is 11.1 Å². The minimum atomic E-state index is -0.629. The van der Waals surface area contributed by atoms with Gasteiger partial charge in [-0.2, -0.15) is 0 Å². The molecule has 3 aromatic carbocycles. The number of carbonyl (C=O) groups is 2. The number of amides is 3. The number of benzene rings is 3. The molecule has 0 bridgehead atoms. The van der Waals surface area contributed by atoms with E-state index in [-0.39, 0.29) is 11.9 Å². The lowest BCUT2D eigenvalue weighted by Crippen LogP contribution is -2.44. The van der Waals surface area contributed by atoms with Gasteiger partial charge in [0.2, 0.25) is 5.91 Å². The third kappa shape index (κ3) is 4.98. The van der Waals surface area contributed by atoms with Crippen molar-refractivity contribution in [3.05, 3.63) is 96.2 Å². The summed E-state index contributed by atoms with van der Waals surface area (Å²) in [4.78, 5) is 27.9. The molecule has 1 aromatic heterocycles. The number of nitrogens with one attached hydrogen (secondary N) is 4. The van der Waals surface area contributed by atoms with Gasteiger partial charge in [0.15, 0.2) is 0 Å². The monoisotopic (exact) mass is 426 g/mol. The highest BCUT2D eigenvalue weighted by molar-refractivity contribution is 5.84. The molecule has 0 aliphatic carbocycles. The van der Waals surface area contributed by atoms with E-state index in [1.807, 2.05) is 85.1 Å². The molecule has 0 spiro atoms. The molecule has 1 unspecified atom stereocenters. The fourth-order valence-corrected chi connectivity index (χ4v) is 3.72. The lowest BCUT2D eigenvalue weighted by molar-refractivity contribution is -0.121. The van der Waals surface area contributed by atoms with Gasteiger partial charge in [-0.1, -0.05) is 72.8 Å². The number of aromatic nitrogens is 1. The van der Waals surface area contributed by atoms with Crippen molar-refractivity contribution in [1.82, 2.24) is 20.9 Å². The maximum absolute atomic E-state index is 12.7. The molecule has 0 aliphatic heterocycles. The molecule has 3 amide bonds. The number of hydrogen-bond acceptors (Lipinski definition) is 2. The molecule has 4 rings (SSSR count). The summed E-state index contributed by atoms with van der Waals surface area (Å²) in [5.41, 5.74) is 5.13. The summed E-state index contributed by atoms with van der Waals surface area (Å²) >= 11 is 0. The van der Waals surface area contributed by atoms with Crippen molar-refractivity contribution < 1.29 is 9.59 Å². The molecule has 6 heteroatoms. The van der Waals surface area contributed by atoms with Crippen LogP contribution in [0.3, 0.4) is 0 Å². The standard InChI is InChI=1S/C26H26N4O2/c1-27-26(32)30-25(20-13-11-19(12-14-20)18-7-3-2-4-8-18)29-24(31)16-15-21-17-28-23-10-6-5-9-22(21)23/h2-14,17,25,28H,15-16H2,1H3,(H,29,31)(H2,27,30,32). The first kappa shape index (κ1) is 21.2. The number of rotatable bonds is 7. The minimum absolute atomic E-state index is 0.135. The summed E-state index contributed by atoms with van der Waals surface area (Å²) in [6.45, 7) is 0. The van der Waals surface area contributed by atoms with E-state index in [9.17, 15) is 9.59 Å². The SMILES string of the molecule is CNC(=O)NC(NC(=O)CCc1c[nH]c2ccccc12)c1ccc(-c2ccccc2)cc1. The number of hydrogen-bond donors (Lipinski definition) is 4. The van der Waals surface area contributed by atoms with Crippen LogP contribution in [0.2, 0.25) is 0 Å². The van der Waals surface area contributed by atoms with Crippen LogP contribution in [0, 0.1) is 0 Å². The Balaban J connectivity index is 1.45. The number of carbonyl (C=O) groups excluding carboxylic acids is 2. The van der Waals surface area contributed by atoms with E-state index in [4.69, 9.17) is 0 Å². The van der Waals surface area contributed by atoms with Crippen molar-refractivity contribution in [2.75, 3.05) is 7.05 Å². The highest BCUT2D eigenvalue weighted by atomic mass is 16.2. The van der Waals surface area contributed by atoms with Crippen LogP contribution >= 0.6 is 0 Å². The van der Waals surface area contributed by atoms with Crippen LogP contribution in [0.15, 0.2) is 85.1 Å². The summed E-state index contributed by atoms with van der Waals surface area (Å²) in [7, 11) is 1.55. The Morgan fingerprint density at radius 1 is 0.844 bits per heavy atom. The van der Waals surface area contributed by atoms with Gasteiger partial charge in [0.05, 0.1) is 0 Å². The molecule has 162 valence electrons. The number of para-hydroxylation sites is 1. The Morgan fingerprint density at radius 2 is 1.53 bits per heavy atom. The van der Waals surface area contributed by atoms with Gasteiger partial charge in [-0.3, -0.25) is 4.79 Å². The molecule has 1 heterocycles. The highest BCUT2D eigenvalue weighted by Gasteiger charge is 2.17. The van der Waals surface area contributed by atoms with Gasteiger partial charge in [-0.05, 0) is 34.7 Å². The van der Waals surface area contributed by atoms with Crippen molar-refractivity contribution in [2.45, 2.75) is 19.0 Å². The highest BCUT2D eigenvalue weighted by Crippen LogP contribution is 2.22. The van der Waals surface area contributed by atoms with Crippen LogP contribution in [0.1, 0.15) is 23.7 Å². The van der Waals surface area contributed by atoms with Crippen molar-refractivity contribution in [3.63, 3.8) is 0 Å².